The summed E-state index contributed by atoms with van der Waals surface area (Å²) in [6.07, 6.45) is 13.3. The molecule has 0 saturated heterocycles. The molecule has 0 radical (unpaired) electrons. The molecule has 1 N–H and O–H groups in total. The Balaban J connectivity index is 0.00000254. The number of hydrogen-bond acceptors (Lipinski definition) is 3. The summed E-state index contributed by atoms with van der Waals surface area (Å²) in [5.41, 5.74) is 4.45. The average Bonchev–Trinajstić information content (AvgIpc) is 2.87. The van der Waals surface area contributed by atoms with Crippen LogP contribution in [0.1, 0.15) is 66.2 Å². The Morgan fingerprint density at radius 1 is 1.29 bits per heavy atom. The SMILES string of the molecule is C=CCC(CCC)C(C)N1C(C)=C(C)C/C1=C\CCC=NC.CO. The zero-order chi connectivity index (χ0) is 18.5. The lowest BCUT2D eigenvalue weighted by molar-refractivity contribution is 0.237. The number of hydrogen-bond donors (Lipinski definition) is 1. The lowest BCUT2D eigenvalue weighted by Gasteiger charge is -2.35. The van der Waals surface area contributed by atoms with Crippen LogP contribution in [0.3, 0.4) is 0 Å². The van der Waals surface area contributed by atoms with Crippen LogP contribution in [0.15, 0.2) is 40.7 Å². The fourth-order valence-electron chi connectivity index (χ4n) is 3.45. The molecule has 0 saturated carbocycles. The molecule has 1 aliphatic rings. The maximum atomic E-state index is 7.00. The second kappa shape index (κ2) is 13.0. The Morgan fingerprint density at radius 3 is 2.50 bits per heavy atom. The van der Waals surface area contributed by atoms with Gasteiger partial charge < -0.3 is 15.0 Å². The van der Waals surface area contributed by atoms with Crippen molar-refractivity contribution in [3.05, 3.63) is 35.7 Å². The van der Waals surface area contributed by atoms with Crippen LogP contribution in [0.4, 0.5) is 0 Å². The fourth-order valence-corrected chi connectivity index (χ4v) is 3.45. The topological polar surface area (TPSA) is 35.8 Å². The molecule has 3 heteroatoms. The van der Waals surface area contributed by atoms with Crippen molar-refractivity contribution in [2.24, 2.45) is 10.9 Å². The molecule has 1 aliphatic heterocycles. The molecule has 0 spiro atoms. The van der Waals surface area contributed by atoms with Gasteiger partial charge in [0.15, 0.2) is 0 Å². The van der Waals surface area contributed by atoms with E-state index in [9.17, 15) is 0 Å². The predicted molar refractivity (Wildman–Crippen MR) is 107 cm³/mol. The summed E-state index contributed by atoms with van der Waals surface area (Å²) in [5.74, 6) is 0.684. The molecular weight excluding hydrogens is 296 g/mol. The number of allylic oxidation sites excluding steroid dienone is 4. The quantitative estimate of drug-likeness (QED) is 0.351. The molecule has 0 amide bonds. The Morgan fingerprint density at radius 2 is 1.96 bits per heavy atom. The highest BCUT2D eigenvalue weighted by atomic mass is 16.2. The van der Waals surface area contributed by atoms with E-state index >= 15 is 0 Å². The standard InChI is InChI=1S/C20H34N2.CH4O/c1-7-11-19(12-8-2)18(5)22-17(4)16(3)15-20(22)13-9-10-14-21-6;1-2/h7,13-14,18-19H,1,8-12,15H2,2-6H3;2H,1H3/b20-13+,21-14?;. The first-order valence-electron chi connectivity index (χ1n) is 9.17. The van der Waals surface area contributed by atoms with Gasteiger partial charge in [-0.15, -0.1) is 6.58 Å². The Labute approximate surface area is 149 Å². The Hall–Kier alpha value is -1.35. The first-order chi connectivity index (χ1) is 11.6. The van der Waals surface area contributed by atoms with Crippen LogP contribution in [-0.2, 0) is 0 Å². The van der Waals surface area contributed by atoms with Gasteiger partial charge in [-0.05, 0) is 64.2 Å². The van der Waals surface area contributed by atoms with E-state index in [1.54, 1.807) is 0 Å². The number of rotatable bonds is 9. The molecular formula is C21H38N2O. The van der Waals surface area contributed by atoms with Crippen LogP contribution in [0.2, 0.25) is 0 Å². The Bertz CT molecular complexity index is 449. The van der Waals surface area contributed by atoms with Crippen LogP contribution in [0, 0.1) is 5.92 Å². The molecule has 2 atom stereocenters. The van der Waals surface area contributed by atoms with E-state index in [4.69, 9.17) is 5.11 Å². The summed E-state index contributed by atoms with van der Waals surface area (Å²) < 4.78 is 0. The third-order valence-electron chi connectivity index (χ3n) is 4.81. The van der Waals surface area contributed by atoms with Gasteiger partial charge in [-0.25, -0.2) is 0 Å². The van der Waals surface area contributed by atoms with Crippen molar-refractivity contribution >= 4 is 6.21 Å². The van der Waals surface area contributed by atoms with Gasteiger partial charge in [0.2, 0.25) is 0 Å². The summed E-state index contributed by atoms with van der Waals surface area (Å²) >= 11 is 0. The van der Waals surface area contributed by atoms with Gasteiger partial charge in [0, 0.05) is 38.0 Å². The van der Waals surface area contributed by atoms with Crippen molar-refractivity contribution in [2.75, 3.05) is 14.2 Å². The van der Waals surface area contributed by atoms with Crippen molar-refractivity contribution in [2.45, 2.75) is 72.3 Å². The summed E-state index contributed by atoms with van der Waals surface area (Å²) in [6, 6.07) is 0.543. The minimum absolute atomic E-state index is 0.543. The predicted octanol–water partition coefficient (Wildman–Crippen LogP) is 5.34. The number of nitrogens with zero attached hydrogens (tertiary/aromatic N) is 2. The normalized spacial score (nSPS) is 18.8. The number of unbranched alkanes of at least 4 members (excludes halogenated alkanes) is 1. The van der Waals surface area contributed by atoms with Crippen LogP contribution in [-0.4, -0.2) is 36.4 Å². The van der Waals surface area contributed by atoms with Crippen molar-refractivity contribution in [1.82, 2.24) is 4.90 Å². The molecule has 2 unspecified atom stereocenters. The lowest BCUT2D eigenvalue weighted by atomic mass is 9.91. The number of aliphatic imine (C=N–C) groups is 1. The number of aliphatic hydroxyl groups excluding tert-OH is 1. The first-order valence-corrected chi connectivity index (χ1v) is 9.17. The first kappa shape index (κ1) is 22.6. The molecule has 0 aromatic carbocycles. The lowest BCUT2D eigenvalue weighted by Crippen LogP contribution is -2.34. The fraction of sp³-hybridized carbons (Fsp3) is 0.667. The minimum Gasteiger partial charge on any atom is -0.400 e. The van der Waals surface area contributed by atoms with Gasteiger partial charge in [-0.3, -0.25) is 0 Å². The Kier molecular flexibility index (Phi) is 12.3. The number of aliphatic hydroxyl groups is 1. The highest BCUT2D eigenvalue weighted by molar-refractivity contribution is 5.57. The van der Waals surface area contributed by atoms with Crippen LogP contribution >= 0.6 is 0 Å². The van der Waals surface area contributed by atoms with E-state index < -0.39 is 0 Å². The molecule has 0 fully saturated rings. The maximum Gasteiger partial charge on any atom is 0.0338 e. The van der Waals surface area contributed by atoms with E-state index in [2.05, 4.69) is 56.3 Å². The molecule has 1 rings (SSSR count). The third-order valence-corrected chi connectivity index (χ3v) is 4.81. The molecule has 0 aliphatic carbocycles. The summed E-state index contributed by atoms with van der Waals surface area (Å²) in [7, 11) is 2.84. The molecule has 3 nitrogen and oxygen atoms in total. The summed E-state index contributed by atoms with van der Waals surface area (Å²) in [6.45, 7) is 13.2. The van der Waals surface area contributed by atoms with Crippen LogP contribution < -0.4 is 0 Å². The summed E-state index contributed by atoms with van der Waals surface area (Å²) in [4.78, 5) is 6.66. The zero-order valence-corrected chi connectivity index (χ0v) is 16.7. The molecule has 138 valence electrons. The largest absolute Gasteiger partial charge is 0.400 e. The molecule has 0 bridgehead atoms. The van der Waals surface area contributed by atoms with E-state index in [1.807, 2.05) is 13.3 Å². The molecule has 0 aromatic rings. The van der Waals surface area contributed by atoms with Gasteiger partial charge in [0.25, 0.3) is 0 Å². The smallest absolute Gasteiger partial charge is 0.0338 e. The van der Waals surface area contributed by atoms with E-state index in [0.29, 0.717) is 12.0 Å². The van der Waals surface area contributed by atoms with E-state index in [-0.39, 0.29) is 0 Å². The van der Waals surface area contributed by atoms with Gasteiger partial charge >= 0.3 is 0 Å². The second-order valence-electron chi connectivity index (χ2n) is 6.44. The van der Waals surface area contributed by atoms with Crippen molar-refractivity contribution in [3.8, 4) is 0 Å². The van der Waals surface area contributed by atoms with Crippen molar-refractivity contribution in [1.29, 1.82) is 0 Å². The molecule has 1 heterocycles. The van der Waals surface area contributed by atoms with Gasteiger partial charge in [-0.1, -0.05) is 25.5 Å². The maximum absolute atomic E-state index is 7.00. The van der Waals surface area contributed by atoms with Gasteiger partial charge in [-0.2, -0.15) is 0 Å². The highest BCUT2D eigenvalue weighted by Crippen LogP contribution is 2.37. The van der Waals surface area contributed by atoms with Crippen molar-refractivity contribution in [3.63, 3.8) is 0 Å². The molecule has 0 aromatic heterocycles. The van der Waals surface area contributed by atoms with Gasteiger partial charge in [0.1, 0.15) is 0 Å². The third kappa shape index (κ3) is 6.64. The molecule has 24 heavy (non-hydrogen) atoms. The minimum atomic E-state index is 0.543. The van der Waals surface area contributed by atoms with Crippen LogP contribution in [0.5, 0.6) is 0 Å². The van der Waals surface area contributed by atoms with Crippen molar-refractivity contribution < 1.29 is 5.11 Å². The average molecular weight is 335 g/mol. The highest BCUT2D eigenvalue weighted by Gasteiger charge is 2.29. The van der Waals surface area contributed by atoms with Crippen LogP contribution in [0.25, 0.3) is 0 Å². The summed E-state index contributed by atoms with van der Waals surface area (Å²) in [5, 5.41) is 7.00. The van der Waals surface area contributed by atoms with E-state index in [0.717, 1.165) is 32.8 Å². The zero-order valence-electron chi connectivity index (χ0n) is 16.7. The van der Waals surface area contributed by atoms with E-state index in [1.165, 1.54) is 29.8 Å². The monoisotopic (exact) mass is 334 g/mol. The van der Waals surface area contributed by atoms with Gasteiger partial charge in [0.05, 0.1) is 0 Å². The second-order valence-corrected chi connectivity index (χ2v) is 6.44.